The highest BCUT2D eigenvalue weighted by molar-refractivity contribution is 5.44. The fraction of sp³-hybridized carbons (Fsp3) is 0.333. The number of aliphatic hydroxyl groups is 1. The van der Waals surface area contributed by atoms with Crippen LogP contribution in [0.25, 0.3) is 0 Å². The van der Waals surface area contributed by atoms with Gasteiger partial charge >= 0.3 is 0 Å². The molecule has 0 aliphatic carbocycles. The summed E-state index contributed by atoms with van der Waals surface area (Å²) in [6.07, 6.45) is 1.72. The summed E-state index contributed by atoms with van der Waals surface area (Å²) in [5.41, 5.74) is 0.772. The van der Waals surface area contributed by atoms with Gasteiger partial charge in [-0.3, -0.25) is 0 Å². The first kappa shape index (κ1) is 10.1. The molecule has 1 aliphatic rings. The van der Waals surface area contributed by atoms with Gasteiger partial charge in [-0.15, -0.1) is 6.58 Å². The van der Waals surface area contributed by atoms with Crippen LogP contribution in [0.4, 0.5) is 0 Å². The maximum atomic E-state index is 9.59. The molecule has 1 atom stereocenters. The van der Waals surface area contributed by atoms with Crippen molar-refractivity contribution in [3.63, 3.8) is 0 Å². The molecule has 1 aromatic rings. The first-order chi connectivity index (χ1) is 7.31. The Hall–Kier alpha value is -1.48. The summed E-state index contributed by atoms with van der Waals surface area (Å²) in [5, 5.41) is 9.59. The summed E-state index contributed by atoms with van der Waals surface area (Å²) < 4.78 is 11.0. The number of hydrogen-bond acceptors (Lipinski definition) is 3. The van der Waals surface area contributed by atoms with Crippen LogP contribution in [-0.2, 0) is 0 Å². The zero-order valence-corrected chi connectivity index (χ0v) is 8.48. The molecule has 1 aliphatic heterocycles. The molecule has 0 saturated heterocycles. The first-order valence-electron chi connectivity index (χ1n) is 5.01. The van der Waals surface area contributed by atoms with Gasteiger partial charge in [0.05, 0.1) is 19.3 Å². The molecule has 3 heteroatoms. The number of fused-ring (bicyclic) bond motifs is 1. The summed E-state index contributed by atoms with van der Waals surface area (Å²) in [4.78, 5) is 0. The molecule has 2 rings (SSSR count). The van der Waals surface area contributed by atoms with Crippen LogP contribution in [0.3, 0.4) is 0 Å². The average molecular weight is 206 g/mol. The van der Waals surface area contributed by atoms with E-state index in [0.717, 1.165) is 17.7 Å². The van der Waals surface area contributed by atoms with Crippen LogP contribution >= 0.6 is 0 Å². The monoisotopic (exact) mass is 206 g/mol. The van der Waals surface area contributed by atoms with Crippen LogP contribution in [0.1, 0.15) is 18.1 Å². The number of rotatable bonds is 2. The lowest BCUT2D eigenvalue weighted by molar-refractivity contribution is 0.228. The van der Waals surface area contributed by atoms with Gasteiger partial charge in [-0.25, -0.2) is 0 Å². The van der Waals surface area contributed by atoms with Gasteiger partial charge in [-0.1, -0.05) is 12.1 Å². The van der Waals surface area contributed by atoms with E-state index in [4.69, 9.17) is 9.47 Å². The summed E-state index contributed by atoms with van der Waals surface area (Å²) in [7, 11) is 0. The molecule has 3 nitrogen and oxygen atoms in total. The van der Waals surface area contributed by atoms with Gasteiger partial charge in [-0.05, 0) is 17.7 Å². The molecule has 0 spiro atoms. The van der Waals surface area contributed by atoms with E-state index in [1.165, 1.54) is 6.08 Å². The van der Waals surface area contributed by atoms with Gasteiger partial charge in [0.15, 0.2) is 11.5 Å². The number of ether oxygens (including phenoxy) is 2. The molecule has 15 heavy (non-hydrogen) atoms. The molecule has 80 valence electrons. The lowest BCUT2D eigenvalue weighted by Gasteiger charge is -2.11. The van der Waals surface area contributed by atoms with E-state index in [1.807, 2.05) is 12.1 Å². The van der Waals surface area contributed by atoms with Crippen molar-refractivity contribution in [2.45, 2.75) is 12.5 Å². The quantitative estimate of drug-likeness (QED) is 0.753. The van der Waals surface area contributed by atoms with Gasteiger partial charge in [0.2, 0.25) is 0 Å². The summed E-state index contributed by atoms with van der Waals surface area (Å²) in [5.74, 6) is 1.44. The molecule has 0 aromatic heterocycles. The van der Waals surface area contributed by atoms with E-state index < -0.39 is 6.10 Å². The second-order valence-corrected chi connectivity index (χ2v) is 3.44. The standard InChI is InChI=1S/C12H14O3/c1-2-10(13)9-4-5-11-12(8-9)15-7-3-6-14-11/h2,4-5,8,10,13H,1,3,6-7H2. The van der Waals surface area contributed by atoms with E-state index in [2.05, 4.69) is 6.58 Å². The summed E-state index contributed by atoms with van der Waals surface area (Å²) in [6.45, 7) is 4.88. The third-order valence-electron chi connectivity index (χ3n) is 2.34. The Morgan fingerprint density at radius 1 is 1.27 bits per heavy atom. The zero-order chi connectivity index (χ0) is 10.7. The van der Waals surface area contributed by atoms with Crippen molar-refractivity contribution in [3.05, 3.63) is 36.4 Å². The number of hydrogen-bond donors (Lipinski definition) is 1. The molecular formula is C12H14O3. The topological polar surface area (TPSA) is 38.7 Å². The Labute approximate surface area is 88.9 Å². The fourth-order valence-corrected chi connectivity index (χ4v) is 1.50. The largest absolute Gasteiger partial charge is 0.490 e. The maximum absolute atomic E-state index is 9.59. The van der Waals surface area contributed by atoms with E-state index in [-0.39, 0.29) is 0 Å². The fourth-order valence-electron chi connectivity index (χ4n) is 1.50. The minimum atomic E-state index is -0.651. The van der Waals surface area contributed by atoms with E-state index >= 15 is 0 Å². The Morgan fingerprint density at radius 2 is 2.00 bits per heavy atom. The van der Waals surface area contributed by atoms with Crippen LogP contribution in [-0.4, -0.2) is 18.3 Å². The normalized spacial score (nSPS) is 16.6. The van der Waals surface area contributed by atoms with Crippen LogP contribution < -0.4 is 9.47 Å². The van der Waals surface area contributed by atoms with Crippen LogP contribution in [0, 0.1) is 0 Å². The van der Waals surface area contributed by atoms with Crippen molar-refractivity contribution >= 4 is 0 Å². The second-order valence-electron chi connectivity index (χ2n) is 3.44. The molecule has 1 unspecified atom stereocenters. The van der Waals surface area contributed by atoms with Gasteiger partial charge in [0.25, 0.3) is 0 Å². The lowest BCUT2D eigenvalue weighted by Crippen LogP contribution is -1.97. The van der Waals surface area contributed by atoms with Crippen LogP contribution in [0.15, 0.2) is 30.9 Å². The van der Waals surface area contributed by atoms with E-state index in [1.54, 1.807) is 6.07 Å². The first-order valence-corrected chi connectivity index (χ1v) is 5.01. The smallest absolute Gasteiger partial charge is 0.161 e. The van der Waals surface area contributed by atoms with Gasteiger partial charge in [-0.2, -0.15) is 0 Å². The van der Waals surface area contributed by atoms with Crippen molar-refractivity contribution in [2.75, 3.05) is 13.2 Å². The van der Waals surface area contributed by atoms with Crippen molar-refractivity contribution in [2.24, 2.45) is 0 Å². The molecule has 0 saturated carbocycles. The van der Waals surface area contributed by atoms with Crippen molar-refractivity contribution in [3.8, 4) is 11.5 Å². The van der Waals surface area contributed by atoms with Gasteiger partial charge in [0, 0.05) is 6.42 Å². The molecule has 1 aromatic carbocycles. The Balaban J connectivity index is 2.31. The van der Waals surface area contributed by atoms with Crippen molar-refractivity contribution in [1.82, 2.24) is 0 Å². The van der Waals surface area contributed by atoms with Crippen LogP contribution in [0.2, 0.25) is 0 Å². The molecule has 0 fully saturated rings. The van der Waals surface area contributed by atoms with Crippen molar-refractivity contribution in [1.29, 1.82) is 0 Å². The third kappa shape index (κ3) is 2.13. The molecule has 1 N–H and O–H groups in total. The van der Waals surface area contributed by atoms with Gasteiger partial charge < -0.3 is 14.6 Å². The van der Waals surface area contributed by atoms with E-state index in [9.17, 15) is 5.11 Å². The minimum absolute atomic E-state index is 0.651. The zero-order valence-electron chi connectivity index (χ0n) is 8.48. The highest BCUT2D eigenvalue weighted by Gasteiger charge is 2.12. The predicted molar refractivity (Wildman–Crippen MR) is 57.2 cm³/mol. The number of aliphatic hydroxyl groups excluding tert-OH is 1. The molecule has 0 radical (unpaired) electrons. The molecule has 0 amide bonds. The van der Waals surface area contributed by atoms with E-state index in [0.29, 0.717) is 19.0 Å². The lowest BCUT2D eigenvalue weighted by atomic mass is 10.1. The SMILES string of the molecule is C=CC(O)c1ccc2c(c1)OCCCO2. The molecule has 1 heterocycles. The van der Waals surface area contributed by atoms with Crippen molar-refractivity contribution < 1.29 is 14.6 Å². The Bertz CT molecular complexity index is 360. The Kier molecular flexibility index (Phi) is 2.92. The Morgan fingerprint density at radius 3 is 2.73 bits per heavy atom. The van der Waals surface area contributed by atoms with Gasteiger partial charge in [0.1, 0.15) is 0 Å². The highest BCUT2D eigenvalue weighted by atomic mass is 16.5. The predicted octanol–water partition coefficient (Wildman–Crippen LogP) is 2.07. The minimum Gasteiger partial charge on any atom is -0.490 e. The second kappa shape index (κ2) is 4.36. The summed E-state index contributed by atoms with van der Waals surface area (Å²) in [6, 6.07) is 5.44. The third-order valence-corrected chi connectivity index (χ3v) is 2.34. The molecular weight excluding hydrogens is 192 g/mol. The summed E-state index contributed by atoms with van der Waals surface area (Å²) >= 11 is 0. The molecule has 0 bridgehead atoms. The van der Waals surface area contributed by atoms with Crippen LogP contribution in [0.5, 0.6) is 11.5 Å². The average Bonchev–Trinajstić information content (AvgIpc) is 2.51. The maximum Gasteiger partial charge on any atom is 0.161 e. The highest BCUT2D eigenvalue weighted by Crippen LogP contribution is 2.32. The number of benzene rings is 1.